The Hall–Kier alpha value is -2.47. The normalized spacial score (nSPS) is 12.7. The van der Waals surface area contributed by atoms with Gasteiger partial charge in [-0.25, -0.2) is 15.0 Å². The topological polar surface area (TPSA) is 75.9 Å². The molecule has 0 aromatic carbocycles. The van der Waals surface area contributed by atoms with E-state index < -0.39 is 0 Å². The van der Waals surface area contributed by atoms with Gasteiger partial charge in [0.1, 0.15) is 11.3 Å². The average Bonchev–Trinajstić information content (AvgIpc) is 3.05. The molecule has 0 radical (unpaired) electrons. The van der Waals surface area contributed by atoms with Crippen molar-refractivity contribution < 1.29 is 5.11 Å². The molecular formula is C23H33N5O. The third-order valence-corrected chi connectivity index (χ3v) is 5.52. The van der Waals surface area contributed by atoms with E-state index in [2.05, 4.69) is 51.3 Å². The van der Waals surface area contributed by atoms with E-state index >= 15 is 0 Å². The summed E-state index contributed by atoms with van der Waals surface area (Å²) in [6.07, 6.45) is 4.81. The van der Waals surface area contributed by atoms with Crippen LogP contribution in [0.3, 0.4) is 0 Å². The molecule has 3 rings (SSSR count). The van der Waals surface area contributed by atoms with E-state index in [-0.39, 0.29) is 12.5 Å². The Morgan fingerprint density at radius 3 is 2.48 bits per heavy atom. The molecule has 6 heteroatoms. The van der Waals surface area contributed by atoms with Gasteiger partial charge in [0.05, 0.1) is 18.0 Å². The predicted octanol–water partition coefficient (Wildman–Crippen LogP) is 4.63. The molecule has 2 N–H and O–H groups in total. The van der Waals surface area contributed by atoms with Gasteiger partial charge in [0.2, 0.25) is 0 Å². The minimum atomic E-state index is 0.0911. The van der Waals surface area contributed by atoms with Gasteiger partial charge >= 0.3 is 0 Å². The van der Waals surface area contributed by atoms with Crippen LogP contribution in [0.25, 0.3) is 22.4 Å². The van der Waals surface area contributed by atoms with Crippen molar-refractivity contribution in [1.29, 1.82) is 0 Å². The lowest BCUT2D eigenvalue weighted by molar-refractivity contribution is 0.259. The Kier molecular flexibility index (Phi) is 6.52. The van der Waals surface area contributed by atoms with Crippen molar-refractivity contribution in [2.24, 2.45) is 7.05 Å². The molecule has 0 aliphatic carbocycles. The maximum absolute atomic E-state index is 9.90. The van der Waals surface area contributed by atoms with E-state index in [1.807, 2.05) is 18.7 Å². The number of aromatic nitrogens is 4. The first kappa shape index (κ1) is 21.2. The highest BCUT2D eigenvalue weighted by Gasteiger charge is 2.22. The molecule has 156 valence electrons. The van der Waals surface area contributed by atoms with Crippen LogP contribution in [0.2, 0.25) is 0 Å². The smallest absolute Gasteiger partial charge is 0.159 e. The van der Waals surface area contributed by atoms with Crippen LogP contribution in [0.1, 0.15) is 69.3 Å². The van der Waals surface area contributed by atoms with Crippen LogP contribution in [0.4, 0.5) is 5.82 Å². The van der Waals surface area contributed by atoms with Crippen molar-refractivity contribution in [3.8, 4) is 11.3 Å². The van der Waals surface area contributed by atoms with Gasteiger partial charge in [-0.3, -0.25) is 0 Å². The average molecular weight is 396 g/mol. The summed E-state index contributed by atoms with van der Waals surface area (Å²) < 4.78 is 2.02. The lowest BCUT2D eigenvalue weighted by atomic mass is 9.97. The van der Waals surface area contributed by atoms with E-state index in [4.69, 9.17) is 15.0 Å². The standard InChI is InChI=1S/C23H33N5O/c1-7-9-15(13-29)17-12-28(6)23-21(17)25-18(8-2)20(27-23)16-10-11-19(14(3)4)26-22(16)24-5/h10-12,14-15,29H,7-9,13H2,1-6H3,(H,24,26)/t15-/m1/s1. The third kappa shape index (κ3) is 3.99. The number of hydrogen-bond acceptors (Lipinski definition) is 5. The van der Waals surface area contributed by atoms with Crippen LogP contribution in [0.5, 0.6) is 0 Å². The van der Waals surface area contributed by atoms with Crippen molar-refractivity contribution in [3.63, 3.8) is 0 Å². The summed E-state index contributed by atoms with van der Waals surface area (Å²) in [5.74, 6) is 1.28. The predicted molar refractivity (Wildman–Crippen MR) is 119 cm³/mol. The molecule has 0 aliphatic rings. The summed E-state index contributed by atoms with van der Waals surface area (Å²) in [7, 11) is 3.89. The Labute approximate surface area is 173 Å². The molecule has 3 aromatic heterocycles. The fourth-order valence-corrected chi connectivity index (χ4v) is 3.86. The highest BCUT2D eigenvalue weighted by Crippen LogP contribution is 2.34. The van der Waals surface area contributed by atoms with Crippen molar-refractivity contribution in [2.45, 2.75) is 58.8 Å². The van der Waals surface area contributed by atoms with E-state index in [1.165, 1.54) is 0 Å². The summed E-state index contributed by atoms with van der Waals surface area (Å²) in [6, 6.07) is 4.17. The number of nitrogens with zero attached hydrogens (tertiary/aromatic N) is 4. The van der Waals surface area contributed by atoms with E-state index in [0.29, 0.717) is 5.92 Å². The van der Waals surface area contributed by atoms with Gasteiger partial charge in [0, 0.05) is 43.0 Å². The van der Waals surface area contributed by atoms with Gasteiger partial charge in [-0.15, -0.1) is 0 Å². The van der Waals surface area contributed by atoms with Crippen molar-refractivity contribution in [1.82, 2.24) is 19.5 Å². The monoisotopic (exact) mass is 395 g/mol. The Bertz CT molecular complexity index is 993. The SMILES string of the molecule is CCC[C@H](CO)c1cn(C)c2nc(-c3ccc(C(C)C)nc3NC)c(CC)nc12. The second-order valence-electron chi connectivity index (χ2n) is 7.95. The van der Waals surface area contributed by atoms with E-state index in [9.17, 15) is 5.11 Å². The molecule has 1 atom stereocenters. The zero-order chi connectivity index (χ0) is 21.1. The number of pyridine rings is 1. The van der Waals surface area contributed by atoms with Crippen LogP contribution in [-0.4, -0.2) is 38.3 Å². The zero-order valence-electron chi connectivity index (χ0n) is 18.5. The summed E-state index contributed by atoms with van der Waals surface area (Å²) in [5.41, 5.74) is 6.68. The fraction of sp³-hybridized carbons (Fsp3) is 0.522. The second kappa shape index (κ2) is 8.91. The van der Waals surface area contributed by atoms with Gasteiger partial charge in [-0.05, 0) is 30.9 Å². The molecule has 6 nitrogen and oxygen atoms in total. The molecule has 0 aliphatic heterocycles. The molecule has 29 heavy (non-hydrogen) atoms. The Morgan fingerprint density at radius 2 is 1.90 bits per heavy atom. The number of hydrogen-bond donors (Lipinski definition) is 2. The molecular weight excluding hydrogens is 362 g/mol. The Morgan fingerprint density at radius 1 is 1.14 bits per heavy atom. The molecule has 0 bridgehead atoms. The largest absolute Gasteiger partial charge is 0.396 e. The number of rotatable bonds is 8. The van der Waals surface area contributed by atoms with Crippen LogP contribution < -0.4 is 5.32 Å². The highest BCUT2D eigenvalue weighted by atomic mass is 16.3. The second-order valence-corrected chi connectivity index (χ2v) is 7.95. The first-order chi connectivity index (χ1) is 13.9. The van der Waals surface area contributed by atoms with Crippen LogP contribution in [-0.2, 0) is 13.5 Å². The number of aliphatic hydroxyl groups is 1. The molecule has 0 spiro atoms. The number of fused-ring (bicyclic) bond motifs is 1. The molecule has 0 unspecified atom stereocenters. The van der Waals surface area contributed by atoms with Gasteiger partial charge < -0.3 is 15.0 Å². The lowest BCUT2D eigenvalue weighted by Gasteiger charge is -2.15. The molecule has 0 amide bonds. The number of aliphatic hydroxyl groups excluding tert-OH is 1. The van der Waals surface area contributed by atoms with Gasteiger partial charge in [-0.1, -0.05) is 34.1 Å². The van der Waals surface area contributed by atoms with E-state index in [0.717, 1.165) is 64.5 Å². The van der Waals surface area contributed by atoms with E-state index in [1.54, 1.807) is 0 Å². The lowest BCUT2D eigenvalue weighted by Crippen LogP contribution is -2.06. The minimum absolute atomic E-state index is 0.0911. The summed E-state index contributed by atoms with van der Waals surface area (Å²) in [6.45, 7) is 8.66. The van der Waals surface area contributed by atoms with Crippen molar-refractivity contribution in [3.05, 3.63) is 35.3 Å². The molecule has 3 aromatic rings. The zero-order valence-corrected chi connectivity index (χ0v) is 18.5. The van der Waals surface area contributed by atoms with Gasteiger partial charge in [-0.2, -0.15) is 0 Å². The molecule has 0 saturated heterocycles. The maximum Gasteiger partial charge on any atom is 0.159 e. The molecule has 0 saturated carbocycles. The van der Waals surface area contributed by atoms with Crippen LogP contribution >= 0.6 is 0 Å². The fourth-order valence-electron chi connectivity index (χ4n) is 3.86. The van der Waals surface area contributed by atoms with Crippen molar-refractivity contribution >= 4 is 17.0 Å². The quantitative estimate of drug-likeness (QED) is 0.581. The van der Waals surface area contributed by atoms with Gasteiger partial charge in [0.25, 0.3) is 0 Å². The molecule has 0 fully saturated rings. The minimum Gasteiger partial charge on any atom is -0.396 e. The molecule has 3 heterocycles. The number of anilines is 1. The summed E-state index contributed by atoms with van der Waals surface area (Å²) in [4.78, 5) is 14.9. The van der Waals surface area contributed by atoms with Gasteiger partial charge in [0.15, 0.2) is 5.65 Å². The Balaban J connectivity index is 2.21. The first-order valence-electron chi connectivity index (χ1n) is 10.6. The van der Waals surface area contributed by atoms with Crippen molar-refractivity contribution in [2.75, 3.05) is 19.0 Å². The summed E-state index contributed by atoms with van der Waals surface area (Å²) >= 11 is 0. The van der Waals surface area contributed by atoms with Crippen LogP contribution in [0, 0.1) is 0 Å². The number of aryl methyl sites for hydroxylation is 2. The number of nitrogens with one attached hydrogen (secondary N) is 1. The highest BCUT2D eigenvalue weighted by molar-refractivity contribution is 5.83. The summed E-state index contributed by atoms with van der Waals surface area (Å²) in [5, 5.41) is 13.1. The third-order valence-electron chi connectivity index (χ3n) is 5.52. The maximum atomic E-state index is 9.90. The first-order valence-corrected chi connectivity index (χ1v) is 10.6. The van der Waals surface area contributed by atoms with Crippen LogP contribution in [0.15, 0.2) is 18.3 Å².